The molecule has 170 valence electrons. The van der Waals surface area contributed by atoms with Crippen LogP contribution in [0.4, 0.5) is 22.7 Å². The van der Waals surface area contributed by atoms with E-state index in [1.807, 2.05) is 13.8 Å². The number of benzene rings is 2. The van der Waals surface area contributed by atoms with Crippen molar-refractivity contribution in [2.45, 2.75) is 52.4 Å². The van der Waals surface area contributed by atoms with E-state index in [-0.39, 0.29) is 36.5 Å². The summed E-state index contributed by atoms with van der Waals surface area (Å²) in [4.78, 5) is 47.9. The summed E-state index contributed by atoms with van der Waals surface area (Å²) >= 11 is 0. The van der Waals surface area contributed by atoms with E-state index in [4.69, 9.17) is 0 Å². The summed E-state index contributed by atoms with van der Waals surface area (Å²) in [6.07, 6.45) is 2.38. The van der Waals surface area contributed by atoms with Gasteiger partial charge in [-0.3, -0.25) is 19.2 Å². The largest absolute Gasteiger partial charge is 0.326 e. The average molecular weight is 439 g/mol. The Bertz CT molecular complexity index is 881. The maximum atomic E-state index is 12.2. The van der Waals surface area contributed by atoms with Crippen molar-refractivity contribution >= 4 is 46.4 Å². The van der Waals surface area contributed by atoms with E-state index in [0.29, 0.717) is 35.6 Å². The van der Waals surface area contributed by atoms with Gasteiger partial charge in [0, 0.05) is 48.4 Å². The van der Waals surface area contributed by atoms with Crippen molar-refractivity contribution in [3.8, 4) is 0 Å². The Morgan fingerprint density at radius 2 is 0.812 bits per heavy atom. The highest BCUT2D eigenvalue weighted by Crippen LogP contribution is 2.17. The van der Waals surface area contributed by atoms with Gasteiger partial charge >= 0.3 is 0 Å². The topological polar surface area (TPSA) is 116 Å². The summed E-state index contributed by atoms with van der Waals surface area (Å²) in [7, 11) is 0. The number of nitrogens with one attached hydrogen (secondary N) is 4. The lowest BCUT2D eigenvalue weighted by atomic mass is 10.2. The molecular formula is C24H30N4O4. The highest BCUT2D eigenvalue weighted by molar-refractivity contribution is 5.98. The third-order valence-electron chi connectivity index (χ3n) is 4.39. The van der Waals surface area contributed by atoms with E-state index >= 15 is 0 Å². The predicted molar refractivity (Wildman–Crippen MR) is 126 cm³/mol. The summed E-state index contributed by atoms with van der Waals surface area (Å²) in [5, 5.41) is 11.0. The molecule has 0 aromatic heterocycles. The molecule has 2 aromatic rings. The van der Waals surface area contributed by atoms with Gasteiger partial charge in [0.2, 0.25) is 23.6 Å². The number of carbonyl (C=O) groups excluding carboxylic acids is 4. The molecule has 0 radical (unpaired) electrons. The van der Waals surface area contributed by atoms with Crippen molar-refractivity contribution in [3.63, 3.8) is 0 Å². The molecule has 4 N–H and O–H groups in total. The van der Waals surface area contributed by atoms with Crippen LogP contribution in [-0.2, 0) is 19.2 Å². The number of amides is 4. The molecule has 0 saturated heterocycles. The Morgan fingerprint density at radius 3 is 1.09 bits per heavy atom. The third-order valence-corrected chi connectivity index (χ3v) is 4.39. The molecule has 0 fully saturated rings. The molecule has 2 rings (SSSR count). The van der Waals surface area contributed by atoms with E-state index in [2.05, 4.69) is 21.3 Å². The number of hydrogen-bond acceptors (Lipinski definition) is 4. The standard InChI is InChI=1S/C24H30N4O4/c1-3-7-21(29)25-17-9-5-11-19(15-17)27-23(31)13-14-24(32)28-20-12-6-10-18(16-20)26-22(30)8-4-2/h5-6,9-12,15-16H,3-4,7-8,13-14H2,1-2H3,(H,25,29)(H,26,30)(H,27,31)(H,28,32). The molecule has 0 aliphatic rings. The maximum absolute atomic E-state index is 12.2. The van der Waals surface area contributed by atoms with Crippen LogP contribution in [0.2, 0.25) is 0 Å². The van der Waals surface area contributed by atoms with Gasteiger partial charge in [-0.05, 0) is 49.2 Å². The minimum absolute atomic E-state index is 0.00514. The lowest BCUT2D eigenvalue weighted by molar-refractivity contribution is -0.121. The van der Waals surface area contributed by atoms with E-state index in [0.717, 1.165) is 12.8 Å². The zero-order valence-corrected chi connectivity index (χ0v) is 18.5. The summed E-state index contributed by atoms with van der Waals surface area (Å²) in [6.45, 7) is 3.85. The number of rotatable bonds is 11. The van der Waals surface area contributed by atoms with Crippen LogP contribution in [-0.4, -0.2) is 23.6 Å². The molecule has 0 atom stereocenters. The summed E-state index contributed by atoms with van der Waals surface area (Å²) in [6, 6.07) is 13.7. The molecule has 0 spiro atoms. The fraction of sp³-hybridized carbons (Fsp3) is 0.333. The van der Waals surface area contributed by atoms with Crippen LogP contribution in [0.5, 0.6) is 0 Å². The quantitative estimate of drug-likeness (QED) is 0.413. The van der Waals surface area contributed by atoms with Crippen LogP contribution in [0.1, 0.15) is 52.4 Å². The second-order valence-electron chi connectivity index (χ2n) is 7.35. The number of anilines is 4. The van der Waals surface area contributed by atoms with Gasteiger partial charge in [0.25, 0.3) is 0 Å². The van der Waals surface area contributed by atoms with Gasteiger partial charge in [-0.1, -0.05) is 26.0 Å². The molecule has 0 heterocycles. The smallest absolute Gasteiger partial charge is 0.224 e. The second-order valence-corrected chi connectivity index (χ2v) is 7.35. The van der Waals surface area contributed by atoms with Crippen molar-refractivity contribution in [3.05, 3.63) is 48.5 Å². The lowest BCUT2D eigenvalue weighted by Crippen LogP contribution is -2.18. The molecule has 2 aromatic carbocycles. The van der Waals surface area contributed by atoms with Crippen molar-refractivity contribution < 1.29 is 19.2 Å². The summed E-state index contributed by atoms with van der Waals surface area (Å²) in [5.41, 5.74) is 2.29. The zero-order valence-electron chi connectivity index (χ0n) is 18.5. The van der Waals surface area contributed by atoms with Gasteiger partial charge in [-0.2, -0.15) is 0 Å². The highest BCUT2D eigenvalue weighted by Gasteiger charge is 2.10. The fourth-order valence-corrected chi connectivity index (χ4v) is 2.92. The Morgan fingerprint density at radius 1 is 0.531 bits per heavy atom. The van der Waals surface area contributed by atoms with Gasteiger partial charge in [0.15, 0.2) is 0 Å². The zero-order chi connectivity index (χ0) is 23.3. The van der Waals surface area contributed by atoms with Crippen molar-refractivity contribution in [1.82, 2.24) is 0 Å². The van der Waals surface area contributed by atoms with E-state index in [1.165, 1.54) is 0 Å². The maximum Gasteiger partial charge on any atom is 0.224 e. The van der Waals surface area contributed by atoms with Crippen molar-refractivity contribution in [2.24, 2.45) is 0 Å². The molecule has 0 aliphatic heterocycles. The van der Waals surface area contributed by atoms with Gasteiger partial charge in [0.1, 0.15) is 0 Å². The lowest BCUT2D eigenvalue weighted by Gasteiger charge is -2.10. The molecule has 0 aliphatic carbocycles. The normalized spacial score (nSPS) is 10.2. The SMILES string of the molecule is CCCC(=O)Nc1cccc(NC(=O)CCC(=O)Nc2cccc(NC(=O)CCC)c2)c1. The van der Waals surface area contributed by atoms with E-state index < -0.39 is 0 Å². The Balaban J connectivity index is 1.81. The molecule has 0 unspecified atom stereocenters. The molecule has 0 bridgehead atoms. The first-order valence-electron chi connectivity index (χ1n) is 10.8. The minimum Gasteiger partial charge on any atom is -0.326 e. The van der Waals surface area contributed by atoms with E-state index in [9.17, 15) is 19.2 Å². The number of carbonyl (C=O) groups is 4. The van der Waals surface area contributed by atoms with Crippen LogP contribution < -0.4 is 21.3 Å². The summed E-state index contributed by atoms with van der Waals surface area (Å²) < 4.78 is 0. The third kappa shape index (κ3) is 8.99. The highest BCUT2D eigenvalue weighted by atomic mass is 16.2. The van der Waals surface area contributed by atoms with Gasteiger partial charge in [-0.25, -0.2) is 0 Å². The van der Waals surface area contributed by atoms with Crippen molar-refractivity contribution in [1.29, 1.82) is 0 Å². The Kier molecular flexibility index (Phi) is 9.90. The van der Waals surface area contributed by atoms with Gasteiger partial charge in [0.05, 0.1) is 0 Å². The predicted octanol–water partition coefficient (Wildman–Crippen LogP) is 4.52. The van der Waals surface area contributed by atoms with Crippen LogP contribution in [0, 0.1) is 0 Å². The molecule has 32 heavy (non-hydrogen) atoms. The molecule has 8 heteroatoms. The minimum atomic E-state index is -0.308. The van der Waals surface area contributed by atoms with Crippen LogP contribution in [0.25, 0.3) is 0 Å². The number of hydrogen-bond donors (Lipinski definition) is 4. The van der Waals surface area contributed by atoms with E-state index in [1.54, 1.807) is 48.5 Å². The first kappa shape index (κ1) is 24.6. The van der Waals surface area contributed by atoms with Gasteiger partial charge in [-0.15, -0.1) is 0 Å². The van der Waals surface area contributed by atoms with Crippen LogP contribution >= 0.6 is 0 Å². The van der Waals surface area contributed by atoms with Crippen LogP contribution in [0.3, 0.4) is 0 Å². The van der Waals surface area contributed by atoms with Crippen molar-refractivity contribution in [2.75, 3.05) is 21.3 Å². The molecule has 4 amide bonds. The first-order valence-corrected chi connectivity index (χ1v) is 10.8. The monoisotopic (exact) mass is 438 g/mol. The Hall–Kier alpha value is -3.68. The fourth-order valence-electron chi connectivity index (χ4n) is 2.92. The summed E-state index contributed by atoms with van der Waals surface area (Å²) in [5.74, 6) is -0.779. The molecular weight excluding hydrogens is 408 g/mol. The molecule has 0 saturated carbocycles. The van der Waals surface area contributed by atoms with Crippen LogP contribution in [0.15, 0.2) is 48.5 Å². The second kappa shape index (κ2) is 12.9. The first-order chi connectivity index (χ1) is 15.4. The van der Waals surface area contributed by atoms with Gasteiger partial charge < -0.3 is 21.3 Å². The average Bonchev–Trinajstić information content (AvgIpc) is 2.73. The Labute approximate surface area is 188 Å². The molecule has 8 nitrogen and oxygen atoms in total.